The van der Waals surface area contributed by atoms with E-state index >= 15 is 0 Å². The van der Waals surface area contributed by atoms with Crippen LogP contribution in [-0.4, -0.2) is 54.2 Å². The van der Waals surface area contributed by atoms with Crippen LogP contribution in [0.5, 0.6) is 5.75 Å². The van der Waals surface area contributed by atoms with Crippen molar-refractivity contribution in [1.29, 1.82) is 0 Å². The van der Waals surface area contributed by atoms with E-state index in [1.165, 1.54) is 6.42 Å². The highest BCUT2D eigenvalue weighted by molar-refractivity contribution is 5.94. The molecule has 2 amide bonds. The van der Waals surface area contributed by atoms with E-state index in [9.17, 15) is 9.59 Å². The lowest BCUT2D eigenvalue weighted by atomic mass is 9.89. The third-order valence-electron chi connectivity index (χ3n) is 7.19. The van der Waals surface area contributed by atoms with Gasteiger partial charge in [-0.3, -0.25) is 9.59 Å². The monoisotopic (exact) mass is 444 g/mol. The van der Waals surface area contributed by atoms with Gasteiger partial charge in [0.2, 0.25) is 0 Å². The average molecular weight is 445 g/mol. The highest BCUT2D eigenvalue weighted by Gasteiger charge is 2.30. The molecule has 178 valence electrons. The molecule has 0 aromatic heterocycles. The number of likely N-dealkylation sites (tertiary alicyclic amines) is 1. The van der Waals surface area contributed by atoms with Crippen molar-refractivity contribution in [2.45, 2.75) is 96.9 Å². The normalized spacial score (nSPS) is 26.1. The molecule has 0 aliphatic carbocycles. The summed E-state index contributed by atoms with van der Waals surface area (Å²) in [5, 5.41) is 3.17. The molecule has 6 nitrogen and oxygen atoms in total. The molecule has 2 saturated heterocycles. The zero-order chi connectivity index (χ0) is 23.1. The molecule has 0 saturated carbocycles. The SMILES string of the molecule is CCC(CC)C1CC(NC(=O)c2ccc(OCC(=O)N3C(C)CCCC3C)cc2)CCO1. The van der Waals surface area contributed by atoms with Gasteiger partial charge < -0.3 is 19.7 Å². The number of nitrogens with one attached hydrogen (secondary N) is 1. The second kappa shape index (κ2) is 11.7. The first kappa shape index (κ1) is 24.6. The van der Waals surface area contributed by atoms with E-state index < -0.39 is 0 Å². The molecule has 1 aromatic rings. The summed E-state index contributed by atoms with van der Waals surface area (Å²) in [5.74, 6) is 1.11. The lowest BCUT2D eigenvalue weighted by Gasteiger charge is -2.38. The van der Waals surface area contributed by atoms with Crippen LogP contribution in [0.4, 0.5) is 0 Å². The number of piperidine rings is 1. The van der Waals surface area contributed by atoms with Crippen LogP contribution in [0.3, 0.4) is 0 Å². The number of rotatable bonds is 8. The summed E-state index contributed by atoms with van der Waals surface area (Å²) in [6.07, 6.45) is 7.40. The Kier molecular flexibility index (Phi) is 8.97. The Morgan fingerprint density at radius 2 is 1.75 bits per heavy atom. The summed E-state index contributed by atoms with van der Waals surface area (Å²) in [4.78, 5) is 27.3. The molecule has 4 atom stereocenters. The second-order valence-corrected chi connectivity index (χ2v) is 9.42. The molecule has 0 radical (unpaired) electrons. The van der Waals surface area contributed by atoms with Crippen LogP contribution >= 0.6 is 0 Å². The maximum absolute atomic E-state index is 12.7. The molecule has 1 aromatic carbocycles. The van der Waals surface area contributed by atoms with Crippen LogP contribution in [0.2, 0.25) is 0 Å². The molecule has 6 heteroatoms. The molecule has 0 bridgehead atoms. The smallest absolute Gasteiger partial charge is 0.260 e. The number of hydrogen-bond donors (Lipinski definition) is 1. The number of benzene rings is 1. The third-order valence-corrected chi connectivity index (χ3v) is 7.19. The first-order valence-corrected chi connectivity index (χ1v) is 12.4. The van der Waals surface area contributed by atoms with Crippen molar-refractivity contribution in [3.8, 4) is 5.75 Å². The van der Waals surface area contributed by atoms with E-state index in [0.717, 1.165) is 38.5 Å². The van der Waals surface area contributed by atoms with E-state index in [0.29, 0.717) is 23.8 Å². The predicted molar refractivity (Wildman–Crippen MR) is 126 cm³/mol. The summed E-state index contributed by atoms with van der Waals surface area (Å²) in [6, 6.07) is 7.72. The van der Waals surface area contributed by atoms with Crippen molar-refractivity contribution < 1.29 is 19.1 Å². The molecule has 2 fully saturated rings. The fourth-order valence-corrected chi connectivity index (χ4v) is 5.21. The molecule has 4 unspecified atom stereocenters. The zero-order valence-corrected chi connectivity index (χ0v) is 20.1. The Labute approximate surface area is 193 Å². The van der Waals surface area contributed by atoms with Crippen LogP contribution < -0.4 is 10.1 Å². The minimum absolute atomic E-state index is 0.0260. The van der Waals surface area contributed by atoms with Crippen molar-refractivity contribution in [2.75, 3.05) is 13.2 Å². The maximum Gasteiger partial charge on any atom is 0.260 e. The second-order valence-electron chi connectivity index (χ2n) is 9.42. The largest absolute Gasteiger partial charge is 0.484 e. The Morgan fingerprint density at radius 1 is 1.09 bits per heavy atom. The fourth-order valence-electron chi connectivity index (χ4n) is 5.21. The van der Waals surface area contributed by atoms with Gasteiger partial charge in [0.15, 0.2) is 6.61 Å². The van der Waals surface area contributed by atoms with Gasteiger partial charge in [-0.05, 0) is 76.1 Å². The van der Waals surface area contributed by atoms with Gasteiger partial charge in [0, 0.05) is 30.3 Å². The number of carbonyl (C=O) groups is 2. The number of carbonyl (C=O) groups excluding carboxylic acids is 2. The molecule has 0 spiro atoms. The van der Waals surface area contributed by atoms with Gasteiger partial charge in [-0.1, -0.05) is 26.7 Å². The van der Waals surface area contributed by atoms with Crippen LogP contribution in [0.25, 0.3) is 0 Å². The first-order chi connectivity index (χ1) is 15.4. The molecule has 32 heavy (non-hydrogen) atoms. The number of ether oxygens (including phenoxy) is 2. The third kappa shape index (κ3) is 6.25. The van der Waals surface area contributed by atoms with Gasteiger partial charge in [0.25, 0.3) is 11.8 Å². The van der Waals surface area contributed by atoms with Crippen LogP contribution in [0.15, 0.2) is 24.3 Å². The van der Waals surface area contributed by atoms with Gasteiger partial charge in [-0.25, -0.2) is 0 Å². The van der Waals surface area contributed by atoms with Crippen molar-refractivity contribution in [3.63, 3.8) is 0 Å². The predicted octanol–water partition coefficient (Wildman–Crippen LogP) is 4.57. The van der Waals surface area contributed by atoms with Crippen molar-refractivity contribution in [1.82, 2.24) is 10.2 Å². The van der Waals surface area contributed by atoms with E-state index in [-0.39, 0.29) is 42.7 Å². The lowest BCUT2D eigenvalue weighted by molar-refractivity contribution is -0.139. The highest BCUT2D eigenvalue weighted by atomic mass is 16.5. The average Bonchev–Trinajstić information content (AvgIpc) is 2.79. The van der Waals surface area contributed by atoms with Crippen molar-refractivity contribution >= 4 is 11.8 Å². The van der Waals surface area contributed by atoms with Gasteiger partial charge in [0.1, 0.15) is 5.75 Å². The summed E-state index contributed by atoms with van der Waals surface area (Å²) in [6.45, 7) is 9.33. The van der Waals surface area contributed by atoms with Crippen molar-refractivity contribution in [3.05, 3.63) is 29.8 Å². The first-order valence-electron chi connectivity index (χ1n) is 12.4. The summed E-state index contributed by atoms with van der Waals surface area (Å²) >= 11 is 0. The number of nitrogens with zero attached hydrogens (tertiary/aromatic N) is 1. The molecule has 2 aliphatic rings. The Balaban J connectivity index is 1.49. The standard InChI is InChI=1S/C26H40N2O4/c1-5-20(6-2)24-16-22(14-15-31-24)27-26(30)21-10-12-23(13-11-21)32-17-25(29)28-18(3)8-7-9-19(28)4/h10-13,18-20,22,24H,5-9,14-17H2,1-4H3,(H,27,30). The van der Waals surface area contributed by atoms with Gasteiger partial charge in [-0.15, -0.1) is 0 Å². The summed E-state index contributed by atoms with van der Waals surface area (Å²) in [5.41, 5.74) is 0.604. The molecular weight excluding hydrogens is 404 g/mol. The van der Waals surface area contributed by atoms with E-state index in [1.54, 1.807) is 24.3 Å². The van der Waals surface area contributed by atoms with Gasteiger partial charge in [-0.2, -0.15) is 0 Å². The number of amides is 2. The summed E-state index contributed by atoms with van der Waals surface area (Å²) < 4.78 is 11.7. The van der Waals surface area contributed by atoms with E-state index in [4.69, 9.17) is 9.47 Å². The van der Waals surface area contributed by atoms with E-state index in [2.05, 4.69) is 33.0 Å². The zero-order valence-electron chi connectivity index (χ0n) is 20.1. The maximum atomic E-state index is 12.7. The van der Waals surface area contributed by atoms with Crippen LogP contribution in [-0.2, 0) is 9.53 Å². The fraction of sp³-hybridized carbons (Fsp3) is 0.692. The minimum Gasteiger partial charge on any atom is -0.484 e. The molecule has 2 aliphatic heterocycles. The molecular formula is C26H40N2O4. The van der Waals surface area contributed by atoms with Crippen LogP contribution in [0.1, 0.15) is 83.0 Å². The Bertz CT molecular complexity index is 737. The quantitative estimate of drug-likeness (QED) is 0.638. The van der Waals surface area contributed by atoms with Crippen LogP contribution in [0, 0.1) is 5.92 Å². The molecule has 3 rings (SSSR count). The Morgan fingerprint density at radius 3 is 2.38 bits per heavy atom. The molecule has 1 N–H and O–H groups in total. The van der Waals surface area contributed by atoms with Gasteiger partial charge in [0.05, 0.1) is 6.10 Å². The molecule has 2 heterocycles. The topological polar surface area (TPSA) is 67.9 Å². The minimum atomic E-state index is -0.0706. The highest BCUT2D eigenvalue weighted by Crippen LogP contribution is 2.26. The number of hydrogen-bond acceptors (Lipinski definition) is 4. The van der Waals surface area contributed by atoms with Crippen molar-refractivity contribution in [2.24, 2.45) is 5.92 Å². The van der Waals surface area contributed by atoms with E-state index in [1.807, 2.05) is 4.90 Å². The summed E-state index contributed by atoms with van der Waals surface area (Å²) in [7, 11) is 0. The lowest BCUT2D eigenvalue weighted by Crippen LogP contribution is -2.49. The Hall–Kier alpha value is -2.08. The van der Waals surface area contributed by atoms with Gasteiger partial charge >= 0.3 is 0 Å².